The minimum atomic E-state index is -0.0199. The molecule has 3 nitrogen and oxygen atoms in total. The molecule has 1 heterocycles. The van der Waals surface area contributed by atoms with Gasteiger partial charge >= 0.3 is 0 Å². The van der Waals surface area contributed by atoms with E-state index < -0.39 is 0 Å². The van der Waals surface area contributed by atoms with E-state index in [1.807, 2.05) is 12.1 Å². The van der Waals surface area contributed by atoms with Crippen molar-refractivity contribution in [2.24, 2.45) is 11.7 Å². The fourth-order valence-electron chi connectivity index (χ4n) is 0.996. The lowest BCUT2D eigenvalue weighted by molar-refractivity contribution is 0.503. The summed E-state index contributed by atoms with van der Waals surface area (Å²) in [5.74, 6) is 0.919. The van der Waals surface area contributed by atoms with Gasteiger partial charge in [-0.05, 0) is 18.1 Å². The first-order chi connectivity index (χ1) is 5.61. The average Bonchev–Trinajstić information content (AvgIpc) is 2.03. The van der Waals surface area contributed by atoms with Crippen molar-refractivity contribution in [2.45, 2.75) is 19.9 Å². The van der Waals surface area contributed by atoms with Crippen molar-refractivity contribution in [1.29, 1.82) is 0 Å². The predicted molar refractivity (Wildman–Crippen MR) is 50.4 cm³/mol. The third-order valence-electron chi connectivity index (χ3n) is 1.85. The van der Waals surface area contributed by atoms with Gasteiger partial charge in [0.1, 0.15) is 5.82 Å². The summed E-state index contributed by atoms with van der Waals surface area (Å²) in [7, 11) is 0. The van der Waals surface area contributed by atoms with Crippen LogP contribution in [0.3, 0.4) is 0 Å². The minimum Gasteiger partial charge on any atom is -0.384 e. The van der Waals surface area contributed by atoms with Gasteiger partial charge in [-0.2, -0.15) is 0 Å². The van der Waals surface area contributed by atoms with Crippen LogP contribution in [0.5, 0.6) is 0 Å². The van der Waals surface area contributed by atoms with Gasteiger partial charge < -0.3 is 11.5 Å². The van der Waals surface area contributed by atoms with Crippen LogP contribution in [0.25, 0.3) is 0 Å². The van der Waals surface area contributed by atoms with E-state index in [2.05, 4.69) is 18.8 Å². The summed E-state index contributed by atoms with van der Waals surface area (Å²) in [6, 6.07) is 5.52. The molecule has 1 aromatic rings. The van der Waals surface area contributed by atoms with E-state index in [1.165, 1.54) is 0 Å². The molecule has 12 heavy (non-hydrogen) atoms. The summed E-state index contributed by atoms with van der Waals surface area (Å²) < 4.78 is 0. The number of rotatable bonds is 2. The van der Waals surface area contributed by atoms with Crippen LogP contribution >= 0.6 is 0 Å². The van der Waals surface area contributed by atoms with E-state index in [0.717, 1.165) is 5.69 Å². The molecule has 0 aliphatic heterocycles. The average molecular weight is 165 g/mol. The maximum absolute atomic E-state index is 5.89. The fourth-order valence-corrected chi connectivity index (χ4v) is 0.996. The Morgan fingerprint density at radius 1 is 1.33 bits per heavy atom. The first kappa shape index (κ1) is 9.00. The van der Waals surface area contributed by atoms with Crippen LogP contribution in [0.15, 0.2) is 18.2 Å². The molecule has 0 aromatic carbocycles. The molecule has 4 N–H and O–H groups in total. The van der Waals surface area contributed by atoms with Gasteiger partial charge in [-0.1, -0.05) is 19.9 Å². The molecule has 66 valence electrons. The van der Waals surface area contributed by atoms with Crippen LogP contribution in [-0.2, 0) is 0 Å². The highest BCUT2D eigenvalue weighted by atomic mass is 14.9. The van der Waals surface area contributed by atoms with E-state index in [1.54, 1.807) is 6.07 Å². The zero-order valence-corrected chi connectivity index (χ0v) is 7.49. The number of nitrogen functional groups attached to an aromatic ring is 1. The maximum Gasteiger partial charge on any atom is 0.123 e. The molecule has 0 radical (unpaired) electrons. The number of pyridine rings is 1. The second kappa shape index (κ2) is 3.54. The molecule has 0 bridgehead atoms. The molecule has 0 fully saturated rings. The molecule has 0 saturated carbocycles. The molecule has 1 rings (SSSR count). The van der Waals surface area contributed by atoms with E-state index >= 15 is 0 Å². The van der Waals surface area contributed by atoms with Crippen molar-refractivity contribution in [3.8, 4) is 0 Å². The summed E-state index contributed by atoms with van der Waals surface area (Å²) in [6.07, 6.45) is 0. The van der Waals surface area contributed by atoms with Gasteiger partial charge in [0.05, 0.1) is 5.69 Å². The Balaban J connectivity index is 2.88. The first-order valence-corrected chi connectivity index (χ1v) is 4.09. The summed E-state index contributed by atoms with van der Waals surface area (Å²) >= 11 is 0. The molecule has 0 aliphatic rings. The van der Waals surface area contributed by atoms with Gasteiger partial charge in [0, 0.05) is 6.04 Å². The van der Waals surface area contributed by atoms with E-state index in [9.17, 15) is 0 Å². The number of aromatic nitrogens is 1. The maximum atomic E-state index is 5.89. The fraction of sp³-hybridized carbons (Fsp3) is 0.444. The topological polar surface area (TPSA) is 64.9 Å². The summed E-state index contributed by atoms with van der Waals surface area (Å²) in [6.45, 7) is 4.13. The highest BCUT2D eigenvalue weighted by molar-refractivity contribution is 5.29. The number of hydrogen-bond donors (Lipinski definition) is 2. The first-order valence-electron chi connectivity index (χ1n) is 4.09. The lowest BCUT2D eigenvalue weighted by atomic mass is 10.0. The predicted octanol–water partition coefficient (Wildman–Crippen LogP) is 1.32. The molecule has 0 unspecified atom stereocenters. The number of nitrogens with zero attached hydrogens (tertiary/aromatic N) is 1. The summed E-state index contributed by atoms with van der Waals surface area (Å²) in [5, 5.41) is 0. The number of nitrogens with two attached hydrogens (primary N) is 2. The quantitative estimate of drug-likeness (QED) is 0.694. The molecule has 0 amide bonds. The van der Waals surface area contributed by atoms with Gasteiger partial charge in [0.15, 0.2) is 0 Å². The Bertz CT molecular complexity index is 258. The Hall–Kier alpha value is -1.09. The van der Waals surface area contributed by atoms with E-state index in [0.29, 0.717) is 11.7 Å². The number of hydrogen-bond acceptors (Lipinski definition) is 3. The van der Waals surface area contributed by atoms with Crippen molar-refractivity contribution >= 4 is 5.82 Å². The molecule has 0 saturated heterocycles. The zero-order valence-electron chi connectivity index (χ0n) is 7.49. The van der Waals surface area contributed by atoms with Gasteiger partial charge in [-0.25, -0.2) is 4.98 Å². The summed E-state index contributed by atoms with van der Waals surface area (Å²) in [4.78, 5) is 4.15. The summed E-state index contributed by atoms with van der Waals surface area (Å²) in [5.41, 5.74) is 12.3. The van der Waals surface area contributed by atoms with Crippen molar-refractivity contribution in [3.63, 3.8) is 0 Å². The molecule has 1 atom stereocenters. The smallest absolute Gasteiger partial charge is 0.123 e. The zero-order chi connectivity index (χ0) is 9.14. The van der Waals surface area contributed by atoms with Crippen LogP contribution in [-0.4, -0.2) is 4.98 Å². The standard InChI is InChI=1S/C9H15N3/c1-6(2)9(11)7-4-3-5-8(10)12-7/h3-6,9H,11H2,1-2H3,(H2,10,12)/t9-/m0/s1. The Labute approximate surface area is 72.8 Å². The SMILES string of the molecule is CC(C)[C@H](N)c1cccc(N)n1. The van der Waals surface area contributed by atoms with E-state index in [4.69, 9.17) is 11.5 Å². The van der Waals surface area contributed by atoms with Crippen molar-refractivity contribution < 1.29 is 0 Å². The van der Waals surface area contributed by atoms with Crippen LogP contribution < -0.4 is 11.5 Å². The normalized spacial score (nSPS) is 13.3. The van der Waals surface area contributed by atoms with Crippen LogP contribution in [0.4, 0.5) is 5.82 Å². The molecular formula is C9H15N3. The van der Waals surface area contributed by atoms with Gasteiger partial charge in [0.2, 0.25) is 0 Å². The third-order valence-corrected chi connectivity index (χ3v) is 1.85. The highest BCUT2D eigenvalue weighted by Crippen LogP contribution is 2.16. The van der Waals surface area contributed by atoms with Crippen molar-refractivity contribution in [3.05, 3.63) is 23.9 Å². The highest BCUT2D eigenvalue weighted by Gasteiger charge is 2.11. The number of anilines is 1. The lowest BCUT2D eigenvalue weighted by Crippen LogP contribution is -2.18. The lowest BCUT2D eigenvalue weighted by Gasteiger charge is -2.14. The molecule has 0 aliphatic carbocycles. The molecule has 0 spiro atoms. The Kier molecular flexibility index (Phi) is 2.65. The molecule has 3 heteroatoms. The van der Waals surface area contributed by atoms with Gasteiger partial charge in [0.25, 0.3) is 0 Å². The van der Waals surface area contributed by atoms with Crippen molar-refractivity contribution in [2.75, 3.05) is 5.73 Å². The van der Waals surface area contributed by atoms with Crippen molar-refractivity contribution in [1.82, 2.24) is 4.98 Å². The third kappa shape index (κ3) is 1.95. The largest absolute Gasteiger partial charge is 0.384 e. The minimum absolute atomic E-state index is 0.0199. The molecular weight excluding hydrogens is 150 g/mol. The van der Waals surface area contributed by atoms with Crippen LogP contribution in [0.2, 0.25) is 0 Å². The van der Waals surface area contributed by atoms with Gasteiger partial charge in [-0.3, -0.25) is 0 Å². The van der Waals surface area contributed by atoms with Gasteiger partial charge in [-0.15, -0.1) is 0 Å². The molecule has 1 aromatic heterocycles. The Morgan fingerprint density at radius 3 is 2.50 bits per heavy atom. The van der Waals surface area contributed by atoms with E-state index in [-0.39, 0.29) is 6.04 Å². The Morgan fingerprint density at radius 2 is 2.00 bits per heavy atom. The van der Waals surface area contributed by atoms with Crippen LogP contribution in [0, 0.1) is 5.92 Å². The monoisotopic (exact) mass is 165 g/mol. The second-order valence-corrected chi connectivity index (χ2v) is 3.26. The van der Waals surface area contributed by atoms with Crippen LogP contribution in [0.1, 0.15) is 25.6 Å². The second-order valence-electron chi connectivity index (χ2n) is 3.26.